The minimum atomic E-state index is 0.109. The highest BCUT2D eigenvalue weighted by Crippen LogP contribution is 2.29. The largest absolute Gasteiger partial charge is 0.395 e. The lowest BCUT2D eigenvalue weighted by Gasteiger charge is -2.21. The molecule has 1 heterocycles. The third kappa shape index (κ3) is 2.10. The van der Waals surface area contributed by atoms with Gasteiger partial charge in [0, 0.05) is 12.6 Å². The number of aromatic nitrogens is 3. The summed E-state index contributed by atoms with van der Waals surface area (Å²) < 4.78 is 0. The van der Waals surface area contributed by atoms with E-state index in [1.807, 2.05) is 4.90 Å². The molecule has 0 saturated heterocycles. The van der Waals surface area contributed by atoms with Crippen molar-refractivity contribution in [1.82, 2.24) is 15.2 Å². The fourth-order valence-corrected chi connectivity index (χ4v) is 1.52. The van der Waals surface area contributed by atoms with Gasteiger partial charge in [0.2, 0.25) is 5.28 Å². The smallest absolute Gasteiger partial charge is 0.244 e. The molecule has 0 atom stereocenters. The third-order valence-corrected chi connectivity index (χ3v) is 2.30. The Morgan fingerprint density at radius 1 is 1.57 bits per heavy atom. The van der Waals surface area contributed by atoms with E-state index in [1.54, 1.807) is 6.20 Å². The predicted molar refractivity (Wildman–Crippen MR) is 52.3 cm³/mol. The lowest BCUT2D eigenvalue weighted by Crippen LogP contribution is -2.29. The number of hydrogen-bond acceptors (Lipinski definition) is 5. The average Bonchev–Trinajstić information content (AvgIpc) is 2.97. The van der Waals surface area contributed by atoms with Crippen molar-refractivity contribution in [2.75, 3.05) is 18.1 Å². The molecule has 1 N–H and O–H groups in total. The Kier molecular flexibility index (Phi) is 2.79. The zero-order chi connectivity index (χ0) is 9.97. The second kappa shape index (κ2) is 4.06. The zero-order valence-electron chi connectivity index (χ0n) is 7.60. The van der Waals surface area contributed by atoms with Crippen LogP contribution in [0.4, 0.5) is 5.82 Å². The van der Waals surface area contributed by atoms with E-state index in [-0.39, 0.29) is 11.9 Å². The molecule has 6 heteroatoms. The number of nitrogens with zero attached hydrogens (tertiary/aromatic N) is 4. The lowest BCUT2D eigenvalue weighted by molar-refractivity contribution is 0.301. The van der Waals surface area contributed by atoms with E-state index in [0.717, 1.165) is 12.8 Å². The van der Waals surface area contributed by atoms with Gasteiger partial charge in [-0.25, -0.2) is 0 Å². The Morgan fingerprint density at radius 3 is 2.93 bits per heavy atom. The van der Waals surface area contributed by atoms with Crippen molar-refractivity contribution < 1.29 is 5.11 Å². The molecule has 0 radical (unpaired) electrons. The van der Waals surface area contributed by atoms with Crippen LogP contribution in [0.3, 0.4) is 0 Å². The fraction of sp³-hybridized carbons (Fsp3) is 0.625. The molecular formula is C8H11ClN4O. The predicted octanol–water partition coefficient (Wildman–Crippen LogP) is 0.486. The Hall–Kier alpha value is -0.940. The Bertz CT molecular complexity index is 318. The van der Waals surface area contributed by atoms with Gasteiger partial charge >= 0.3 is 0 Å². The van der Waals surface area contributed by atoms with Crippen LogP contribution in [0.15, 0.2) is 6.20 Å². The van der Waals surface area contributed by atoms with Gasteiger partial charge < -0.3 is 10.0 Å². The van der Waals surface area contributed by atoms with Gasteiger partial charge in [-0.15, -0.1) is 5.10 Å². The second-order valence-corrected chi connectivity index (χ2v) is 3.57. The van der Waals surface area contributed by atoms with Gasteiger partial charge in [-0.2, -0.15) is 10.1 Å². The van der Waals surface area contributed by atoms with Crippen molar-refractivity contribution in [2.45, 2.75) is 18.9 Å². The summed E-state index contributed by atoms with van der Waals surface area (Å²) in [6.07, 6.45) is 3.85. The lowest BCUT2D eigenvalue weighted by atomic mass is 10.4. The van der Waals surface area contributed by atoms with Crippen LogP contribution in [-0.2, 0) is 0 Å². The Balaban J connectivity index is 2.16. The minimum absolute atomic E-state index is 0.109. The van der Waals surface area contributed by atoms with Crippen LogP contribution in [0.25, 0.3) is 0 Å². The van der Waals surface area contributed by atoms with Gasteiger partial charge in [0.05, 0.1) is 12.8 Å². The van der Waals surface area contributed by atoms with Crippen LogP contribution in [-0.4, -0.2) is 39.5 Å². The third-order valence-electron chi connectivity index (χ3n) is 2.14. The molecule has 1 aliphatic carbocycles. The van der Waals surface area contributed by atoms with Crippen LogP contribution < -0.4 is 4.90 Å². The molecule has 0 aliphatic heterocycles. The van der Waals surface area contributed by atoms with Crippen LogP contribution in [0.2, 0.25) is 5.28 Å². The van der Waals surface area contributed by atoms with Gasteiger partial charge in [0.25, 0.3) is 0 Å². The standard InChI is InChI=1S/C8H11ClN4O/c9-8-11-7(5-10-12-8)13(3-4-14)6-1-2-6/h5-6,14H,1-4H2. The number of anilines is 1. The van der Waals surface area contributed by atoms with Crippen molar-refractivity contribution in [2.24, 2.45) is 0 Å². The highest BCUT2D eigenvalue weighted by Gasteiger charge is 2.29. The molecule has 1 aromatic heterocycles. The first-order chi connectivity index (χ1) is 6.81. The highest BCUT2D eigenvalue weighted by atomic mass is 35.5. The van der Waals surface area contributed by atoms with E-state index in [4.69, 9.17) is 16.7 Å². The fourth-order valence-electron chi connectivity index (χ4n) is 1.39. The zero-order valence-corrected chi connectivity index (χ0v) is 8.35. The number of halogens is 1. The summed E-state index contributed by atoms with van der Waals surface area (Å²) in [7, 11) is 0. The first-order valence-corrected chi connectivity index (χ1v) is 4.92. The minimum Gasteiger partial charge on any atom is -0.395 e. The van der Waals surface area contributed by atoms with Gasteiger partial charge in [0.15, 0.2) is 5.82 Å². The molecule has 1 aliphatic rings. The number of aliphatic hydroxyl groups excluding tert-OH is 1. The van der Waals surface area contributed by atoms with Crippen LogP contribution in [0.1, 0.15) is 12.8 Å². The van der Waals surface area contributed by atoms with Gasteiger partial charge in [-0.3, -0.25) is 0 Å². The topological polar surface area (TPSA) is 62.1 Å². The molecule has 0 spiro atoms. The second-order valence-electron chi connectivity index (χ2n) is 3.23. The molecule has 5 nitrogen and oxygen atoms in total. The normalized spacial score (nSPS) is 15.6. The van der Waals surface area contributed by atoms with Crippen molar-refractivity contribution in [1.29, 1.82) is 0 Å². The maximum absolute atomic E-state index is 8.91. The van der Waals surface area contributed by atoms with E-state index < -0.39 is 0 Å². The Labute approximate surface area is 86.7 Å². The summed E-state index contributed by atoms with van der Waals surface area (Å²) in [5, 5.41) is 16.4. The molecule has 76 valence electrons. The average molecular weight is 215 g/mol. The summed E-state index contributed by atoms with van der Waals surface area (Å²) in [4.78, 5) is 6.07. The Morgan fingerprint density at radius 2 is 2.36 bits per heavy atom. The maximum Gasteiger partial charge on any atom is 0.244 e. The quantitative estimate of drug-likeness (QED) is 0.790. The molecule has 14 heavy (non-hydrogen) atoms. The van der Waals surface area contributed by atoms with Gasteiger partial charge in [-0.05, 0) is 24.4 Å². The van der Waals surface area contributed by atoms with E-state index in [9.17, 15) is 0 Å². The monoisotopic (exact) mass is 214 g/mol. The van der Waals surface area contributed by atoms with Gasteiger partial charge in [0.1, 0.15) is 0 Å². The van der Waals surface area contributed by atoms with E-state index in [1.165, 1.54) is 0 Å². The molecular weight excluding hydrogens is 204 g/mol. The molecule has 0 amide bonds. The van der Waals surface area contributed by atoms with Gasteiger partial charge in [-0.1, -0.05) is 0 Å². The summed E-state index contributed by atoms with van der Waals surface area (Å²) in [5.74, 6) is 0.696. The first-order valence-electron chi connectivity index (χ1n) is 4.54. The molecule has 2 rings (SSSR count). The summed E-state index contributed by atoms with van der Waals surface area (Å²) >= 11 is 5.64. The molecule has 1 fully saturated rings. The van der Waals surface area contributed by atoms with Crippen LogP contribution >= 0.6 is 11.6 Å². The maximum atomic E-state index is 8.91. The summed E-state index contributed by atoms with van der Waals surface area (Å²) in [6.45, 7) is 0.678. The molecule has 0 aromatic carbocycles. The van der Waals surface area contributed by atoms with E-state index >= 15 is 0 Å². The van der Waals surface area contributed by atoms with Crippen LogP contribution in [0, 0.1) is 0 Å². The number of rotatable bonds is 4. The summed E-state index contributed by atoms with van der Waals surface area (Å²) in [6, 6.07) is 0.481. The van der Waals surface area contributed by atoms with Crippen LogP contribution in [0.5, 0.6) is 0 Å². The SMILES string of the molecule is OCCN(c1cnnc(Cl)n1)C1CC1. The first kappa shape index (κ1) is 9.61. The molecule has 0 bridgehead atoms. The molecule has 0 unspecified atom stereocenters. The number of hydrogen-bond donors (Lipinski definition) is 1. The molecule has 1 saturated carbocycles. The van der Waals surface area contributed by atoms with Crippen molar-refractivity contribution in [3.8, 4) is 0 Å². The highest BCUT2D eigenvalue weighted by molar-refractivity contribution is 6.28. The summed E-state index contributed by atoms with van der Waals surface area (Å²) in [5.41, 5.74) is 0. The van der Waals surface area contributed by atoms with E-state index in [2.05, 4.69) is 15.2 Å². The van der Waals surface area contributed by atoms with Crippen molar-refractivity contribution >= 4 is 17.4 Å². The van der Waals surface area contributed by atoms with Crippen molar-refractivity contribution in [3.05, 3.63) is 11.5 Å². The van der Waals surface area contributed by atoms with Crippen molar-refractivity contribution in [3.63, 3.8) is 0 Å². The molecule has 1 aromatic rings. The number of aliphatic hydroxyl groups is 1. The van der Waals surface area contributed by atoms with E-state index in [0.29, 0.717) is 18.4 Å².